The van der Waals surface area contributed by atoms with Crippen LogP contribution in [0.5, 0.6) is 0 Å². The molecule has 0 heterocycles. The Morgan fingerprint density at radius 3 is 2.19 bits per heavy atom. The third kappa shape index (κ3) is 6.48. The molecule has 0 fully saturated rings. The molecule has 0 aliphatic rings. The minimum absolute atomic E-state index is 0.0479. The lowest BCUT2D eigenvalue weighted by Crippen LogP contribution is -2.14. The maximum absolute atomic E-state index is 12.6. The summed E-state index contributed by atoms with van der Waals surface area (Å²) in [6.07, 6.45) is 0.958. The fraction of sp³-hybridized carbons (Fsp3) is 0.208. The Morgan fingerprint density at radius 2 is 1.59 bits per heavy atom. The molecule has 1 amide bonds. The molecule has 2 N–H and O–H groups in total. The molecule has 3 aromatic carbocycles. The summed E-state index contributed by atoms with van der Waals surface area (Å²) in [6.45, 7) is 4.28. The summed E-state index contributed by atoms with van der Waals surface area (Å²) in [4.78, 5) is 12.3. The normalized spacial score (nSPS) is 11.4. The van der Waals surface area contributed by atoms with Gasteiger partial charge in [-0.1, -0.05) is 61.3 Å². The van der Waals surface area contributed by atoms with E-state index in [2.05, 4.69) is 36.0 Å². The zero-order valence-electron chi connectivity index (χ0n) is 17.7. The highest BCUT2D eigenvalue weighted by atomic mass is 35.5. The number of halogens is 2. The topological polar surface area (TPSA) is 75.3 Å². The number of hydrogen-bond donors (Lipinski definition) is 2. The summed E-state index contributed by atoms with van der Waals surface area (Å²) in [5.41, 5.74) is 3.11. The first kappa shape index (κ1) is 24.1. The van der Waals surface area contributed by atoms with Crippen LogP contribution in [-0.2, 0) is 21.2 Å². The molecule has 0 unspecified atom stereocenters. The fourth-order valence-corrected chi connectivity index (χ4v) is 4.64. The highest BCUT2D eigenvalue weighted by Gasteiger charge is 2.16. The van der Waals surface area contributed by atoms with Gasteiger partial charge in [-0.25, -0.2) is 8.42 Å². The number of hydrogen-bond acceptors (Lipinski definition) is 3. The van der Waals surface area contributed by atoms with E-state index in [-0.39, 0.29) is 21.5 Å². The molecule has 3 rings (SSSR count). The van der Waals surface area contributed by atoms with Crippen molar-refractivity contribution in [1.29, 1.82) is 0 Å². The van der Waals surface area contributed by atoms with Gasteiger partial charge in [0.1, 0.15) is 0 Å². The van der Waals surface area contributed by atoms with Gasteiger partial charge < -0.3 is 5.32 Å². The van der Waals surface area contributed by atoms with E-state index in [1.807, 2.05) is 12.1 Å². The number of amides is 1. The van der Waals surface area contributed by atoms with Crippen LogP contribution in [0.15, 0.2) is 71.6 Å². The second-order valence-corrected chi connectivity index (χ2v) is 10.2. The Morgan fingerprint density at radius 1 is 0.938 bits per heavy atom. The molecule has 32 heavy (non-hydrogen) atoms. The largest absolute Gasteiger partial charge is 0.326 e. The lowest BCUT2D eigenvalue weighted by molar-refractivity contribution is -0.116. The summed E-state index contributed by atoms with van der Waals surface area (Å²) in [5.74, 6) is 0.331. The predicted molar refractivity (Wildman–Crippen MR) is 131 cm³/mol. The van der Waals surface area contributed by atoms with Crippen molar-refractivity contribution in [1.82, 2.24) is 0 Å². The Kier molecular flexibility index (Phi) is 7.82. The minimum Gasteiger partial charge on any atom is -0.326 e. The van der Waals surface area contributed by atoms with Gasteiger partial charge >= 0.3 is 0 Å². The lowest BCUT2D eigenvalue weighted by Gasteiger charge is -2.11. The second kappa shape index (κ2) is 10.4. The molecule has 0 spiro atoms. The molecule has 0 atom stereocenters. The third-order valence-electron chi connectivity index (χ3n) is 4.91. The molecule has 0 saturated carbocycles. The van der Waals surface area contributed by atoms with E-state index in [4.69, 9.17) is 23.2 Å². The van der Waals surface area contributed by atoms with Crippen LogP contribution >= 0.6 is 23.2 Å². The minimum atomic E-state index is -3.84. The van der Waals surface area contributed by atoms with Gasteiger partial charge in [0.2, 0.25) is 5.91 Å². The van der Waals surface area contributed by atoms with Crippen molar-refractivity contribution < 1.29 is 13.2 Å². The SMILES string of the molecule is CC(C)c1ccc(CCC(=O)Nc2ccc(S(=O)(=O)Nc3ccc(Cl)cc3Cl)cc2)cc1. The molecule has 0 saturated heterocycles. The first-order valence-electron chi connectivity index (χ1n) is 10.1. The number of aryl methyl sites for hydroxylation is 1. The Balaban J connectivity index is 1.58. The highest BCUT2D eigenvalue weighted by molar-refractivity contribution is 7.92. The Labute approximate surface area is 198 Å². The number of nitrogens with one attached hydrogen (secondary N) is 2. The zero-order valence-corrected chi connectivity index (χ0v) is 20.1. The van der Waals surface area contributed by atoms with Crippen LogP contribution in [-0.4, -0.2) is 14.3 Å². The summed E-state index contributed by atoms with van der Waals surface area (Å²) in [5, 5.41) is 3.40. The van der Waals surface area contributed by atoms with E-state index in [9.17, 15) is 13.2 Å². The van der Waals surface area contributed by atoms with E-state index in [0.29, 0.717) is 29.5 Å². The fourth-order valence-electron chi connectivity index (χ4n) is 3.04. The molecule has 5 nitrogen and oxygen atoms in total. The van der Waals surface area contributed by atoms with Gasteiger partial charge in [-0.15, -0.1) is 0 Å². The molecule has 0 bridgehead atoms. The number of carbonyl (C=O) groups is 1. The van der Waals surface area contributed by atoms with Crippen molar-refractivity contribution in [2.24, 2.45) is 0 Å². The van der Waals surface area contributed by atoms with Crippen LogP contribution in [0.25, 0.3) is 0 Å². The summed E-state index contributed by atoms with van der Waals surface area (Å²) in [6, 6.07) is 18.7. The molecule has 0 radical (unpaired) electrons. The average Bonchev–Trinajstić information content (AvgIpc) is 2.75. The lowest BCUT2D eigenvalue weighted by atomic mass is 10.0. The molecule has 0 aromatic heterocycles. The van der Waals surface area contributed by atoms with E-state index >= 15 is 0 Å². The van der Waals surface area contributed by atoms with Crippen LogP contribution < -0.4 is 10.0 Å². The standard InChI is InChI=1S/C24H24Cl2N2O3S/c1-16(2)18-6-3-17(4-7-18)5-14-24(29)27-20-9-11-21(12-10-20)32(30,31)28-23-13-8-19(25)15-22(23)26/h3-4,6-13,15-16,28H,5,14H2,1-2H3,(H,27,29). The van der Waals surface area contributed by atoms with Crippen LogP contribution in [0.2, 0.25) is 10.0 Å². The van der Waals surface area contributed by atoms with Crippen molar-refractivity contribution in [3.05, 3.63) is 87.9 Å². The van der Waals surface area contributed by atoms with Gasteiger partial charge in [0.15, 0.2) is 0 Å². The smallest absolute Gasteiger partial charge is 0.261 e. The summed E-state index contributed by atoms with van der Waals surface area (Å²) < 4.78 is 27.6. The average molecular weight is 491 g/mol. The maximum atomic E-state index is 12.6. The quantitative estimate of drug-likeness (QED) is 0.378. The molecule has 168 valence electrons. The van der Waals surface area contributed by atoms with E-state index < -0.39 is 10.0 Å². The summed E-state index contributed by atoms with van der Waals surface area (Å²) >= 11 is 11.9. The molecular weight excluding hydrogens is 467 g/mol. The van der Waals surface area contributed by atoms with Gasteiger partial charge in [0, 0.05) is 17.1 Å². The number of rotatable bonds is 8. The van der Waals surface area contributed by atoms with E-state index in [0.717, 1.165) is 5.56 Å². The number of benzene rings is 3. The Hall–Kier alpha value is -2.54. The predicted octanol–water partition coefficient (Wildman–Crippen LogP) is 6.49. The van der Waals surface area contributed by atoms with Crippen molar-refractivity contribution in [2.45, 2.75) is 37.5 Å². The second-order valence-electron chi connectivity index (χ2n) is 7.70. The van der Waals surface area contributed by atoms with Crippen molar-refractivity contribution in [3.8, 4) is 0 Å². The first-order chi connectivity index (χ1) is 15.1. The monoisotopic (exact) mass is 490 g/mol. The zero-order chi connectivity index (χ0) is 23.3. The van der Waals surface area contributed by atoms with Crippen LogP contribution in [0.3, 0.4) is 0 Å². The van der Waals surface area contributed by atoms with Gasteiger partial charge in [-0.2, -0.15) is 0 Å². The molecule has 0 aliphatic heterocycles. The van der Waals surface area contributed by atoms with Crippen LogP contribution in [0, 0.1) is 0 Å². The maximum Gasteiger partial charge on any atom is 0.261 e. The molecule has 3 aromatic rings. The summed E-state index contributed by atoms with van der Waals surface area (Å²) in [7, 11) is -3.84. The number of carbonyl (C=O) groups excluding carboxylic acids is 1. The van der Waals surface area contributed by atoms with Gasteiger partial charge in [-0.05, 0) is 65.9 Å². The number of anilines is 2. The third-order valence-corrected chi connectivity index (χ3v) is 6.84. The van der Waals surface area contributed by atoms with Crippen molar-refractivity contribution in [2.75, 3.05) is 10.0 Å². The van der Waals surface area contributed by atoms with Crippen molar-refractivity contribution >= 4 is 50.5 Å². The van der Waals surface area contributed by atoms with E-state index in [1.54, 1.807) is 18.2 Å². The molecule has 0 aliphatic carbocycles. The highest BCUT2D eigenvalue weighted by Crippen LogP contribution is 2.28. The first-order valence-corrected chi connectivity index (χ1v) is 12.3. The van der Waals surface area contributed by atoms with Crippen LogP contribution in [0.1, 0.15) is 37.3 Å². The van der Waals surface area contributed by atoms with Crippen LogP contribution in [0.4, 0.5) is 11.4 Å². The van der Waals surface area contributed by atoms with Gasteiger partial charge in [-0.3, -0.25) is 9.52 Å². The molecular formula is C24H24Cl2N2O3S. The molecule has 8 heteroatoms. The number of sulfonamides is 1. The van der Waals surface area contributed by atoms with Gasteiger partial charge in [0.25, 0.3) is 10.0 Å². The van der Waals surface area contributed by atoms with Crippen molar-refractivity contribution in [3.63, 3.8) is 0 Å². The van der Waals surface area contributed by atoms with Gasteiger partial charge in [0.05, 0.1) is 15.6 Å². The Bertz CT molecular complexity index is 1190. The van der Waals surface area contributed by atoms with E-state index in [1.165, 1.54) is 29.8 Å².